The van der Waals surface area contributed by atoms with Crippen LogP contribution in [0, 0.1) is 0 Å². The Morgan fingerprint density at radius 1 is 1.14 bits per heavy atom. The van der Waals surface area contributed by atoms with Gasteiger partial charge in [-0.05, 0) is 70.3 Å². The van der Waals surface area contributed by atoms with Crippen LogP contribution in [0.3, 0.4) is 0 Å². The number of amides is 1. The predicted octanol–water partition coefficient (Wildman–Crippen LogP) is 3.07. The van der Waals surface area contributed by atoms with Crippen LogP contribution in [0.4, 0.5) is 5.69 Å². The maximum absolute atomic E-state index is 13.1. The summed E-state index contributed by atoms with van der Waals surface area (Å²) in [5, 5.41) is 2.95. The van der Waals surface area contributed by atoms with Gasteiger partial charge in [0.25, 0.3) is 0 Å². The Morgan fingerprint density at radius 3 is 2.55 bits per heavy atom. The minimum absolute atomic E-state index is 0.0631. The highest BCUT2D eigenvalue weighted by atomic mass is 32.2. The number of likely N-dealkylation sites (tertiary alicyclic amines) is 1. The Hall–Kier alpha value is -1.64. The van der Waals surface area contributed by atoms with Gasteiger partial charge in [-0.15, -0.1) is 0 Å². The zero-order chi connectivity index (χ0) is 20.9. The molecule has 29 heavy (non-hydrogen) atoms. The lowest BCUT2D eigenvalue weighted by molar-refractivity contribution is -0.122. The Labute approximate surface area is 174 Å². The summed E-state index contributed by atoms with van der Waals surface area (Å²) in [5.74, 6) is 0.273. The molecular formula is C21H33N3O4S. The van der Waals surface area contributed by atoms with E-state index in [-0.39, 0.29) is 16.8 Å². The average molecular weight is 424 g/mol. The fraction of sp³-hybridized carbons (Fsp3) is 0.667. The molecule has 2 fully saturated rings. The molecule has 8 heteroatoms. The second-order valence-electron chi connectivity index (χ2n) is 7.74. The van der Waals surface area contributed by atoms with Crippen LogP contribution in [0.1, 0.15) is 52.4 Å². The maximum atomic E-state index is 13.1. The van der Waals surface area contributed by atoms with Gasteiger partial charge in [-0.25, -0.2) is 8.42 Å². The topological polar surface area (TPSA) is 79.0 Å². The van der Waals surface area contributed by atoms with Crippen molar-refractivity contribution in [3.63, 3.8) is 0 Å². The molecule has 0 aromatic heterocycles. The molecule has 0 spiro atoms. The van der Waals surface area contributed by atoms with E-state index in [9.17, 15) is 13.2 Å². The van der Waals surface area contributed by atoms with Crippen molar-refractivity contribution in [2.24, 2.45) is 0 Å². The van der Waals surface area contributed by atoms with E-state index < -0.39 is 10.0 Å². The number of ether oxygens (including phenoxy) is 1. The number of piperidine rings is 1. The third-order valence-electron chi connectivity index (χ3n) is 5.62. The van der Waals surface area contributed by atoms with Crippen molar-refractivity contribution in [2.75, 3.05) is 38.1 Å². The number of carbonyl (C=O) groups excluding carboxylic acids is 1. The van der Waals surface area contributed by atoms with Gasteiger partial charge >= 0.3 is 0 Å². The van der Waals surface area contributed by atoms with E-state index in [0.29, 0.717) is 31.1 Å². The number of nitrogens with zero attached hydrogens (tertiary/aromatic N) is 2. The van der Waals surface area contributed by atoms with E-state index in [0.717, 1.165) is 51.6 Å². The molecule has 1 aromatic rings. The number of hydrogen-bond acceptors (Lipinski definition) is 5. The van der Waals surface area contributed by atoms with Crippen LogP contribution in [0.25, 0.3) is 0 Å². The van der Waals surface area contributed by atoms with Crippen molar-refractivity contribution in [3.8, 4) is 5.75 Å². The first-order valence-electron chi connectivity index (χ1n) is 10.8. The third-order valence-corrected chi connectivity index (χ3v) is 7.54. The van der Waals surface area contributed by atoms with Crippen molar-refractivity contribution in [3.05, 3.63) is 18.2 Å². The molecule has 2 aliphatic rings. The van der Waals surface area contributed by atoms with E-state index in [1.165, 1.54) is 4.31 Å². The fourth-order valence-electron chi connectivity index (χ4n) is 4.20. The SMILES string of the molecule is CCCN1CCCC[C@H]1C(=O)Nc1ccc(OCC)c(S(=O)(=O)N2CCCC2)c1. The van der Waals surface area contributed by atoms with E-state index in [1.54, 1.807) is 18.2 Å². The van der Waals surface area contributed by atoms with Gasteiger partial charge in [-0.3, -0.25) is 9.69 Å². The smallest absolute Gasteiger partial charge is 0.246 e. The van der Waals surface area contributed by atoms with E-state index >= 15 is 0 Å². The lowest BCUT2D eigenvalue weighted by Crippen LogP contribution is -2.47. The zero-order valence-electron chi connectivity index (χ0n) is 17.5. The van der Waals surface area contributed by atoms with Gasteiger partial charge in [0.05, 0.1) is 12.6 Å². The van der Waals surface area contributed by atoms with Crippen LogP contribution in [0.5, 0.6) is 5.75 Å². The fourth-order valence-corrected chi connectivity index (χ4v) is 5.87. The predicted molar refractivity (Wildman–Crippen MR) is 114 cm³/mol. The van der Waals surface area contributed by atoms with E-state index in [2.05, 4.69) is 17.1 Å². The number of benzene rings is 1. The first-order chi connectivity index (χ1) is 14.0. The molecular weight excluding hydrogens is 390 g/mol. The summed E-state index contributed by atoms with van der Waals surface area (Å²) in [6.07, 6.45) is 5.73. The van der Waals surface area contributed by atoms with Gasteiger partial charge in [-0.2, -0.15) is 4.31 Å². The normalized spacial score (nSPS) is 21.2. The highest BCUT2D eigenvalue weighted by Gasteiger charge is 2.31. The second-order valence-corrected chi connectivity index (χ2v) is 9.65. The van der Waals surface area contributed by atoms with Gasteiger partial charge in [0.15, 0.2) is 0 Å². The number of sulfonamides is 1. The largest absolute Gasteiger partial charge is 0.492 e. The quantitative estimate of drug-likeness (QED) is 0.695. The minimum Gasteiger partial charge on any atom is -0.492 e. The minimum atomic E-state index is -3.65. The first-order valence-corrected chi connectivity index (χ1v) is 12.2. The van der Waals surface area contributed by atoms with E-state index in [4.69, 9.17) is 4.74 Å². The molecule has 1 atom stereocenters. The molecule has 0 bridgehead atoms. The summed E-state index contributed by atoms with van der Waals surface area (Å²) >= 11 is 0. The van der Waals surface area contributed by atoms with Crippen LogP contribution in [-0.2, 0) is 14.8 Å². The number of nitrogens with one attached hydrogen (secondary N) is 1. The van der Waals surface area contributed by atoms with Crippen molar-refractivity contribution >= 4 is 21.6 Å². The van der Waals surface area contributed by atoms with Gasteiger partial charge in [0.2, 0.25) is 15.9 Å². The van der Waals surface area contributed by atoms with Gasteiger partial charge in [0, 0.05) is 18.8 Å². The molecule has 3 rings (SSSR count). The summed E-state index contributed by atoms with van der Waals surface area (Å²) in [4.78, 5) is 15.3. The molecule has 162 valence electrons. The lowest BCUT2D eigenvalue weighted by atomic mass is 10.0. The zero-order valence-corrected chi connectivity index (χ0v) is 18.3. The van der Waals surface area contributed by atoms with Crippen molar-refractivity contribution in [2.45, 2.75) is 63.3 Å². The first kappa shape index (κ1) is 22.1. The lowest BCUT2D eigenvalue weighted by Gasteiger charge is -2.34. The number of hydrogen-bond donors (Lipinski definition) is 1. The summed E-state index contributed by atoms with van der Waals surface area (Å²) in [5.41, 5.74) is 0.498. The Balaban J connectivity index is 1.83. The van der Waals surface area contributed by atoms with Gasteiger partial charge in [-0.1, -0.05) is 13.3 Å². The molecule has 2 saturated heterocycles. The summed E-state index contributed by atoms with van der Waals surface area (Å²) in [6, 6.07) is 4.75. The molecule has 0 aliphatic carbocycles. The van der Waals surface area contributed by atoms with Crippen LogP contribution in [-0.4, -0.2) is 62.4 Å². The van der Waals surface area contributed by atoms with Gasteiger partial charge in [0.1, 0.15) is 10.6 Å². The summed E-state index contributed by atoms with van der Waals surface area (Å²) < 4.78 is 33.3. The summed E-state index contributed by atoms with van der Waals surface area (Å²) in [7, 11) is -3.65. The number of rotatable bonds is 8. The molecule has 2 heterocycles. The highest BCUT2D eigenvalue weighted by molar-refractivity contribution is 7.89. The van der Waals surface area contributed by atoms with Crippen molar-refractivity contribution in [1.29, 1.82) is 0 Å². The van der Waals surface area contributed by atoms with Crippen LogP contribution < -0.4 is 10.1 Å². The standard InChI is InChI=1S/C21H33N3O4S/c1-3-12-23-13-6-5-9-18(23)21(25)22-17-10-11-19(28-4-2)20(16-17)29(26,27)24-14-7-8-15-24/h10-11,16,18H,3-9,12-15H2,1-2H3,(H,22,25)/t18-/m0/s1. The molecule has 2 aliphatic heterocycles. The van der Waals surface area contributed by atoms with Gasteiger partial charge < -0.3 is 10.1 Å². The van der Waals surface area contributed by atoms with Crippen LogP contribution in [0.15, 0.2) is 23.1 Å². The number of anilines is 1. The molecule has 1 amide bonds. The maximum Gasteiger partial charge on any atom is 0.246 e. The van der Waals surface area contributed by atoms with Crippen LogP contribution >= 0.6 is 0 Å². The van der Waals surface area contributed by atoms with Crippen LogP contribution in [0.2, 0.25) is 0 Å². The Bertz CT molecular complexity index is 804. The molecule has 0 radical (unpaired) electrons. The van der Waals surface area contributed by atoms with E-state index in [1.807, 2.05) is 6.92 Å². The summed E-state index contributed by atoms with van der Waals surface area (Å²) in [6.45, 7) is 7.21. The second kappa shape index (κ2) is 9.91. The third kappa shape index (κ3) is 5.10. The molecule has 0 saturated carbocycles. The Morgan fingerprint density at radius 2 is 1.86 bits per heavy atom. The monoisotopic (exact) mass is 423 g/mol. The average Bonchev–Trinajstić information content (AvgIpc) is 3.26. The number of carbonyl (C=O) groups is 1. The molecule has 7 nitrogen and oxygen atoms in total. The molecule has 1 N–H and O–H groups in total. The van der Waals surface area contributed by atoms with Crippen molar-refractivity contribution < 1.29 is 17.9 Å². The molecule has 1 aromatic carbocycles. The van der Waals surface area contributed by atoms with Crippen molar-refractivity contribution in [1.82, 2.24) is 9.21 Å². The highest BCUT2D eigenvalue weighted by Crippen LogP contribution is 2.32. The molecule has 0 unspecified atom stereocenters. The Kier molecular flexibility index (Phi) is 7.54.